The van der Waals surface area contributed by atoms with Crippen molar-refractivity contribution in [1.82, 2.24) is 10.2 Å². The van der Waals surface area contributed by atoms with Crippen LogP contribution in [-0.4, -0.2) is 42.9 Å². The van der Waals surface area contributed by atoms with E-state index in [1.807, 2.05) is 4.90 Å². The van der Waals surface area contributed by atoms with E-state index in [9.17, 15) is 9.59 Å². The monoisotopic (exact) mass is 636 g/mol. The zero-order valence-corrected chi connectivity index (χ0v) is 30.8. The number of unbranched alkanes of at least 4 members (excludes halogenated alkanes) is 28. The summed E-state index contributed by atoms with van der Waals surface area (Å²) >= 11 is 0. The first-order valence-corrected chi connectivity index (χ1v) is 20.4. The zero-order valence-electron chi connectivity index (χ0n) is 30.8. The molecule has 5 nitrogen and oxygen atoms in total. The van der Waals surface area contributed by atoms with E-state index in [1.165, 1.54) is 167 Å². The molecule has 0 atom stereocenters. The van der Waals surface area contributed by atoms with Gasteiger partial charge in [-0.15, -0.1) is 0 Å². The largest absolute Gasteiger partial charge is 0.354 e. The Hall–Kier alpha value is -1.10. The van der Waals surface area contributed by atoms with Crippen LogP contribution in [0.15, 0.2) is 0 Å². The number of carbonyl (C=O) groups excluding carboxylic acids is 2. The maximum Gasteiger partial charge on any atom is 0.222 e. The molecule has 0 aromatic carbocycles. The highest BCUT2D eigenvalue weighted by molar-refractivity contribution is 5.77. The fraction of sp³-hybridized carbons (Fsp3) is 0.950. The van der Waals surface area contributed by atoms with Crippen molar-refractivity contribution in [3.05, 3.63) is 0 Å². The summed E-state index contributed by atoms with van der Waals surface area (Å²) in [5, 5.41) is 3.02. The minimum absolute atomic E-state index is 0.118. The van der Waals surface area contributed by atoms with Crippen LogP contribution in [0, 0.1) is 0 Å². The van der Waals surface area contributed by atoms with Crippen LogP contribution in [-0.2, 0) is 9.59 Å². The molecule has 0 rings (SSSR count). The zero-order chi connectivity index (χ0) is 32.9. The smallest absolute Gasteiger partial charge is 0.222 e. The van der Waals surface area contributed by atoms with Crippen LogP contribution in [0.1, 0.15) is 219 Å². The molecule has 0 saturated carbocycles. The summed E-state index contributed by atoms with van der Waals surface area (Å²) in [5.41, 5.74) is 5.77. The fourth-order valence-electron chi connectivity index (χ4n) is 6.40. The SMILES string of the molecule is CCCCCCCCCCCCCCCCCC(=O)NCCN(CCN)C(=O)CCCCCCCCCCCCCCCCC. The summed E-state index contributed by atoms with van der Waals surface area (Å²) in [4.78, 5) is 26.8. The second-order valence-electron chi connectivity index (χ2n) is 13.9. The first kappa shape index (κ1) is 43.9. The Labute approximate surface area is 282 Å². The topological polar surface area (TPSA) is 75.4 Å². The molecular formula is C40H81N3O2. The van der Waals surface area contributed by atoms with E-state index in [1.54, 1.807) is 0 Å². The van der Waals surface area contributed by atoms with Gasteiger partial charge in [0.05, 0.1) is 0 Å². The number of rotatable bonds is 37. The molecule has 3 N–H and O–H groups in total. The van der Waals surface area contributed by atoms with Gasteiger partial charge in [0.25, 0.3) is 0 Å². The van der Waals surface area contributed by atoms with Crippen molar-refractivity contribution in [1.29, 1.82) is 0 Å². The summed E-state index contributed by atoms with van der Waals surface area (Å²) in [5.74, 6) is 0.305. The Morgan fingerprint density at radius 2 is 0.756 bits per heavy atom. The number of nitrogens with two attached hydrogens (primary N) is 1. The van der Waals surface area contributed by atoms with Gasteiger partial charge in [0, 0.05) is 39.0 Å². The maximum atomic E-state index is 12.7. The lowest BCUT2D eigenvalue weighted by Crippen LogP contribution is -2.41. The Balaban J connectivity index is 3.59. The van der Waals surface area contributed by atoms with Crippen molar-refractivity contribution in [2.45, 2.75) is 219 Å². The van der Waals surface area contributed by atoms with Crippen LogP contribution in [0.4, 0.5) is 0 Å². The van der Waals surface area contributed by atoms with Crippen LogP contribution < -0.4 is 11.1 Å². The first-order valence-electron chi connectivity index (χ1n) is 20.4. The average Bonchev–Trinajstić information content (AvgIpc) is 3.04. The van der Waals surface area contributed by atoms with E-state index in [4.69, 9.17) is 5.73 Å². The van der Waals surface area contributed by atoms with E-state index in [0.29, 0.717) is 39.0 Å². The van der Waals surface area contributed by atoms with E-state index >= 15 is 0 Å². The molecule has 0 aliphatic heterocycles. The summed E-state index contributed by atoms with van der Waals surface area (Å²) in [7, 11) is 0. The molecule has 2 amide bonds. The summed E-state index contributed by atoms with van der Waals surface area (Å²) in [6, 6.07) is 0. The Morgan fingerprint density at radius 3 is 1.09 bits per heavy atom. The molecule has 0 bridgehead atoms. The molecule has 0 heterocycles. The number of hydrogen-bond acceptors (Lipinski definition) is 3. The van der Waals surface area contributed by atoms with Crippen molar-refractivity contribution >= 4 is 11.8 Å². The molecule has 0 radical (unpaired) electrons. The van der Waals surface area contributed by atoms with Crippen molar-refractivity contribution in [2.75, 3.05) is 26.2 Å². The number of nitrogens with one attached hydrogen (secondary N) is 1. The van der Waals surface area contributed by atoms with Gasteiger partial charge >= 0.3 is 0 Å². The summed E-state index contributed by atoms with van der Waals surface area (Å²) in [6.07, 6.45) is 41.2. The summed E-state index contributed by atoms with van der Waals surface area (Å²) in [6.45, 7) is 6.71. The van der Waals surface area contributed by atoms with Crippen LogP contribution >= 0.6 is 0 Å². The Bertz CT molecular complexity index is 612. The van der Waals surface area contributed by atoms with E-state index < -0.39 is 0 Å². The molecule has 0 aromatic heterocycles. The summed E-state index contributed by atoms with van der Waals surface area (Å²) < 4.78 is 0. The highest BCUT2D eigenvalue weighted by atomic mass is 16.2. The maximum absolute atomic E-state index is 12.7. The Kier molecular flexibility index (Phi) is 36.4. The lowest BCUT2D eigenvalue weighted by Gasteiger charge is -2.22. The molecule has 0 unspecified atom stereocenters. The van der Waals surface area contributed by atoms with Gasteiger partial charge in [-0.25, -0.2) is 0 Å². The van der Waals surface area contributed by atoms with E-state index in [2.05, 4.69) is 19.2 Å². The Morgan fingerprint density at radius 1 is 0.444 bits per heavy atom. The van der Waals surface area contributed by atoms with Gasteiger partial charge in [0.1, 0.15) is 0 Å². The molecule has 0 aliphatic carbocycles. The van der Waals surface area contributed by atoms with Crippen LogP contribution in [0.5, 0.6) is 0 Å². The highest BCUT2D eigenvalue weighted by Gasteiger charge is 2.12. The van der Waals surface area contributed by atoms with Crippen molar-refractivity contribution in [3.8, 4) is 0 Å². The van der Waals surface area contributed by atoms with Crippen LogP contribution in [0.2, 0.25) is 0 Å². The third-order valence-corrected chi connectivity index (χ3v) is 9.46. The molecule has 0 spiro atoms. The molecule has 268 valence electrons. The fourth-order valence-corrected chi connectivity index (χ4v) is 6.40. The third-order valence-electron chi connectivity index (χ3n) is 9.46. The lowest BCUT2D eigenvalue weighted by molar-refractivity contribution is -0.131. The van der Waals surface area contributed by atoms with Gasteiger partial charge in [-0.3, -0.25) is 9.59 Å². The quantitative estimate of drug-likeness (QED) is 0.0667. The standard InChI is InChI=1S/C40H81N3O2/c1-3-5-7-9-11-13-15-17-19-21-23-25-27-29-31-33-39(44)42-36-38-43(37-35-41)40(45)34-32-30-28-26-24-22-20-18-16-14-12-10-8-6-4-2/h3-38,41H2,1-2H3,(H,42,44). The lowest BCUT2D eigenvalue weighted by atomic mass is 10.0. The van der Waals surface area contributed by atoms with Crippen LogP contribution in [0.3, 0.4) is 0 Å². The normalized spacial score (nSPS) is 11.3. The molecule has 5 heteroatoms. The van der Waals surface area contributed by atoms with Crippen LogP contribution in [0.25, 0.3) is 0 Å². The van der Waals surface area contributed by atoms with Gasteiger partial charge in [0.15, 0.2) is 0 Å². The van der Waals surface area contributed by atoms with E-state index in [-0.39, 0.29) is 11.8 Å². The first-order chi connectivity index (χ1) is 22.2. The molecule has 0 fully saturated rings. The predicted molar refractivity (Wildman–Crippen MR) is 198 cm³/mol. The minimum Gasteiger partial charge on any atom is -0.354 e. The van der Waals surface area contributed by atoms with Crippen molar-refractivity contribution in [3.63, 3.8) is 0 Å². The molecule has 0 saturated heterocycles. The van der Waals surface area contributed by atoms with Gasteiger partial charge in [-0.05, 0) is 12.8 Å². The highest BCUT2D eigenvalue weighted by Crippen LogP contribution is 2.15. The number of nitrogens with zero attached hydrogens (tertiary/aromatic N) is 1. The van der Waals surface area contributed by atoms with Gasteiger partial charge in [-0.1, -0.05) is 194 Å². The van der Waals surface area contributed by atoms with Crippen molar-refractivity contribution in [2.24, 2.45) is 5.73 Å². The number of amides is 2. The molecule has 45 heavy (non-hydrogen) atoms. The second-order valence-corrected chi connectivity index (χ2v) is 13.9. The van der Waals surface area contributed by atoms with Crippen molar-refractivity contribution < 1.29 is 9.59 Å². The minimum atomic E-state index is 0.118. The van der Waals surface area contributed by atoms with Gasteiger partial charge in [0.2, 0.25) is 11.8 Å². The van der Waals surface area contributed by atoms with Gasteiger partial charge in [-0.2, -0.15) is 0 Å². The number of carbonyl (C=O) groups is 2. The second kappa shape index (κ2) is 37.4. The molecular weight excluding hydrogens is 554 g/mol. The molecule has 0 aromatic rings. The average molecular weight is 636 g/mol. The predicted octanol–water partition coefficient (Wildman–Crippen LogP) is 11.4. The third kappa shape index (κ3) is 34.1. The number of hydrogen-bond donors (Lipinski definition) is 2. The molecule has 0 aliphatic rings. The van der Waals surface area contributed by atoms with Gasteiger partial charge < -0.3 is 16.0 Å². The van der Waals surface area contributed by atoms with E-state index in [0.717, 1.165) is 25.7 Å².